The molecule has 0 saturated carbocycles. The van der Waals surface area contributed by atoms with Crippen LogP contribution >= 0.6 is 0 Å². The molecule has 1 aliphatic rings. The van der Waals surface area contributed by atoms with Crippen molar-refractivity contribution < 1.29 is 23.5 Å². The van der Waals surface area contributed by atoms with E-state index in [9.17, 15) is 4.79 Å². The standard InChI is InChI=1S/C33H43N5O5/c1-23-31(24(2)43-36-23)26-9-12-29-28(22-26)35-30(38(29)16-15-37-17-20-40-21-18-37)13-8-25-6-10-27(11-7-25)41-19-14-34-32(39)42-33(3,4)5/h6-7,9-12,22H,8,13-21H2,1-5H3,(H,34,39). The Balaban J connectivity index is 1.24. The lowest BCUT2D eigenvalue weighted by atomic mass is 10.0. The van der Waals surface area contributed by atoms with Crippen molar-refractivity contribution in [3.05, 3.63) is 65.3 Å². The van der Waals surface area contributed by atoms with Gasteiger partial charge in [-0.2, -0.15) is 0 Å². The fraction of sp³-hybridized carbons (Fsp3) is 0.485. The molecule has 0 spiro atoms. The summed E-state index contributed by atoms with van der Waals surface area (Å²) in [7, 11) is 0. The third-order valence-electron chi connectivity index (χ3n) is 7.49. The molecule has 3 heterocycles. The minimum Gasteiger partial charge on any atom is -0.492 e. The summed E-state index contributed by atoms with van der Waals surface area (Å²) in [5.41, 5.74) is 5.81. The predicted octanol–water partition coefficient (Wildman–Crippen LogP) is 5.33. The minimum absolute atomic E-state index is 0.363. The van der Waals surface area contributed by atoms with Crippen molar-refractivity contribution in [3.8, 4) is 16.9 Å². The number of hydrogen-bond acceptors (Lipinski definition) is 8. The monoisotopic (exact) mass is 589 g/mol. The predicted molar refractivity (Wildman–Crippen MR) is 166 cm³/mol. The van der Waals surface area contributed by atoms with Crippen molar-refractivity contribution in [1.82, 2.24) is 24.9 Å². The highest BCUT2D eigenvalue weighted by Gasteiger charge is 2.18. The average molecular weight is 590 g/mol. The van der Waals surface area contributed by atoms with E-state index in [-0.39, 0.29) is 0 Å². The third kappa shape index (κ3) is 8.14. The van der Waals surface area contributed by atoms with Crippen molar-refractivity contribution in [2.24, 2.45) is 0 Å². The molecule has 10 nitrogen and oxygen atoms in total. The van der Waals surface area contributed by atoms with E-state index in [4.69, 9.17) is 23.7 Å². The van der Waals surface area contributed by atoms with Gasteiger partial charge in [0.25, 0.3) is 0 Å². The van der Waals surface area contributed by atoms with Gasteiger partial charge in [0, 0.05) is 38.2 Å². The van der Waals surface area contributed by atoms with E-state index in [1.165, 1.54) is 5.56 Å². The fourth-order valence-corrected chi connectivity index (χ4v) is 5.38. The van der Waals surface area contributed by atoms with Gasteiger partial charge in [0.1, 0.15) is 29.5 Å². The van der Waals surface area contributed by atoms with Crippen molar-refractivity contribution in [3.63, 3.8) is 0 Å². The van der Waals surface area contributed by atoms with Crippen LogP contribution in [0.3, 0.4) is 0 Å². The van der Waals surface area contributed by atoms with Crippen LogP contribution in [0.5, 0.6) is 5.75 Å². The van der Waals surface area contributed by atoms with Crippen LogP contribution in [0.25, 0.3) is 22.2 Å². The number of hydrogen-bond donors (Lipinski definition) is 1. The SMILES string of the molecule is Cc1noc(C)c1-c1ccc2c(c1)nc(CCc1ccc(OCCNC(=O)OC(C)(C)C)cc1)n2CCN1CCOCC1. The maximum atomic E-state index is 11.8. The number of benzene rings is 2. The zero-order valence-electron chi connectivity index (χ0n) is 25.9. The smallest absolute Gasteiger partial charge is 0.407 e. The van der Waals surface area contributed by atoms with Crippen molar-refractivity contribution in [1.29, 1.82) is 0 Å². The quantitative estimate of drug-likeness (QED) is 0.234. The minimum atomic E-state index is -0.521. The van der Waals surface area contributed by atoms with Gasteiger partial charge in [-0.15, -0.1) is 0 Å². The Morgan fingerprint density at radius 1 is 1.02 bits per heavy atom. The summed E-state index contributed by atoms with van der Waals surface area (Å²) in [4.78, 5) is 19.4. The maximum Gasteiger partial charge on any atom is 0.407 e. The van der Waals surface area contributed by atoms with E-state index in [1.807, 2.05) is 46.8 Å². The van der Waals surface area contributed by atoms with Crippen LogP contribution in [-0.4, -0.2) is 77.3 Å². The molecule has 230 valence electrons. The van der Waals surface area contributed by atoms with Crippen LogP contribution in [0.15, 0.2) is 47.0 Å². The average Bonchev–Trinajstić information content (AvgIpc) is 3.50. The van der Waals surface area contributed by atoms with Crippen molar-refractivity contribution >= 4 is 17.1 Å². The number of aryl methyl sites for hydroxylation is 4. The molecule has 10 heteroatoms. The second-order valence-electron chi connectivity index (χ2n) is 12.0. The van der Waals surface area contributed by atoms with Crippen molar-refractivity contribution in [2.45, 2.75) is 59.6 Å². The molecule has 43 heavy (non-hydrogen) atoms. The molecule has 2 aromatic carbocycles. The van der Waals surface area contributed by atoms with E-state index < -0.39 is 11.7 Å². The van der Waals surface area contributed by atoms with Gasteiger partial charge in [-0.05, 0) is 76.4 Å². The number of aromatic nitrogens is 3. The summed E-state index contributed by atoms with van der Waals surface area (Å²) in [5, 5.41) is 6.85. The second-order valence-corrected chi connectivity index (χ2v) is 12.0. The Morgan fingerprint density at radius 3 is 2.49 bits per heavy atom. The van der Waals surface area contributed by atoms with Gasteiger partial charge >= 0.3 is 6.09 Å². The highest BCUT2D eigenvalue weighted by molar-refractivity contribution is 5.83. The highest BCUT2D eigenvalue weighted by Crippen LogP contribution is 2.30. The summed E-state index contributed by atoms with van der Waals surface area (Å²) in [5.74, 6) is 2.66. The number of rotatable bonds is 11. The first-order valence-electron chi connectivity index (χ1n) is 15.1. The molecule has 0 unspecified atom stereocenters. The van der Waals surface area contributed by atoms with Crippen molar-refractivity contribution in [2.75, 3.05) is 46.0 Å². The van der Waals surface area contributed by atoms with Gasteiger partial charge < -0.3 is 28.6 Å². The zero-order valence-corrected chi connectivity index (χ0v) is 25.9. The van der Waals surface area contributed by atoms with E-state index in [1.54, 1.807) is 0 Å². The van der Waals surface area contributed by atoms with E-state index in [2.05, 4.69) is 50.3 Å². The van der Waals surface area contributed by atoms with Crippen LogP contribution in [0, 0.1) is 13.8 Å². The number of nitrogens with zero attached hydrogens (tertiary/aromatic N) is 4. The van der Waals surface area contributed by atoms with Gasteiger partial charge in [-0.25, -0.2) is 9.78 Å². The number of imidazole rings is 1. The summed E-state index contributed by atoms with van der Waals surface area (Å²) < 4.78 is 24.4. The summed E-state index contributed by atoms with van der Waals surface area (Å²) in [6.07, 6.45) is 1.23. The van der Waals surface area contributed by atoms with Crippen LogP contribution in [0.1, 0.15) is 43.6 Å². The Kier molecular flexibility index (Phi) is 9.67. The molecular weight excluding hydrogens is 546 g/mol. The number of carbonyl (C=O) groups excluding carboxylic acids is 1. The normalized spacial score (nSPS) is 14.3. The number of amides is 1. The van der Waals surface area contributed by atoms with Gasteiger partial charge in [0.15, 0.2) is 0 Å². The first kappa shape index (κ1) is 30.6. The lowest BCUT2D eigenvalue weighted by Gasteiger charge is -2.27. The molecule has 1 saturated heterocycles. The highest BCUT2D eigenvalue weighted by atomic mass is 16.6. The Bertz CT molecular complexity index is 1490. The largest absolute Gasteiger partial charge is 0.492 e. The van der Waals surface area contributed by atoms with Crippen LogP contribution in [-0.2, 0) is 28.9 Å². The first-order chi connectivity index (χ1) is 20.7. The molecule has 5 rings (SSSR count). The Hall–Kier alpha value is -3.89. The number of fused-ring (bicyclic) bond motifs is 1. The Labute approximate surface area is 253 Å². The van der Waals surface area contributed by atoms with Gasteiger partial charge in [-0.3, -0.25) is 4.90 Å². The molecule has 1 aliphatic heterocycles. The molecule has 1 N–H and O–H groups in total. The van der Waals surface area contributed by atoms with Gasteiger partial charge in [0.05, 0.1) is 36.5 Å². The number of nitrogens with one attached hydrogen (secondary N) is 1. The number of carbonyl (C=O) groups is 1. The number of ether oxygens (including phenoxy) is 3. The second kappa shape index (κ2) is 13.6. The van der Waals surface area contributed by atoms with Crippen LogP contribution in [0.2, 0.25) is 0 Å². The topological polar surface area (TPSA) is 104 Å². The summed E-state index contributed by atoms with van der Waals surface area (Å²) >= 11 is 0. The molecule has 2 aromatic heterocycles. The molecule has 0 aliphatic carbocycles. The molecule has 1 amide bonds. The van der Waals surface area contributed by atoms with E-state index >= 15 is 0 Å². The van der Waals surface area contributed by atoms with Crippen LogP contribution in [0.4, 0.5) is 4.79 Å². The van der Waals surface area contributed by atoms with E-state index in [0.29, 0.717) is 13.2 Å². The first-order valence-corrected chi connectivity index (χ1v) is 15.1. The molecule has 0 bridgehead atoms. The van der Waals surface area contributed by atoms with Gasteiger partial charge in [-0.1, -0.05) is 23.4 Å². The molecule has 1 fully saturated rings. The van der Waals surface area contributed by atoms with E-state index in [0.717, 1.165) is 97.4 Å². The summed E-state index contributed by atoms with van der Waals surface area (Å²) in [6, 6.07) is 14.6. The lowest BCUT2D eigenvalue weighted by molar-refractivity contribution is 0.0364. The number of alkyl carbamates (subject to hydrolysis) is 1. The fourth-order valence-electron chi connectivity index (χ4n) is 5.38. The molecule has 0 radical (unpaired) electrons. The lowest BCUT2D eigenvalue weighted by Crippen LogP contribution is -2.38. The van der Waals surface area contributed by atoms with Crippen LogP contribution < -0.4 is 10.1 Å². The third-order valence-corrected chi connectivity index (χ3v) is 7.49. The Morgan fingerprint density at radius 2 is 1.79 bits per heavy atom. The number of morpholine rings is 1. The molecule has 4 aromatic rings. The maximum absolute atomic E-state index is 11.8. The molecular formula is C33H43N5O5. The molecule has 0 atom stereocenters. The van der Waals surface area contributed by atoms with Gasteiger partial charge in [0.2, 0.25) is 0 Å². The zero-order chi connectivity index (χ0) is 30.4. The summed E-state index contributed by atoms with van der Waals surface area (Å²) in [6.45, 7) is 15.5.